The van der Waals surface area contributed by atoms with Gasteiger partial charge in [-0.25, -0.2) is 9.97 Å². The predicted molar refractivity (Wildman–Crippen MR) is 125 cm³/mol. The van der Waals surface area contributed by atoms with E-state index in [9.17, 15) is 13.2 Å². The van der Waals surface area contributed by atoms with Gasteiger partial charge in [-0.15, -0.1) is 24.5 Å². The highest BCUT2D eigenvalue weighted by Crippen LogP contribution is 2.48. The summed E-state index contributed by atoms with van der Waals surface area (Å²) in [6.07, 6.45) is -3.56. The molecule has 0 aliphatic carbocycles. The Morgan fingerprint density at radius 2 is 1.61 bits per heavy atom. The van der Waals surface area contributed by atoms with Gasteiger partial charge in [0.05, 0.1) is 15.4 Å². The average Bonchev–Trinajstić information content (AvgIpc) is 3.12. The van der Waals surface area contributed by atoms with Crippen molar-refractivity contribution >= 4 is 44.8 Å². The van der Waals surface area contributed by atoms with Crippen LogP contribution in [-0.4, -0.2) is 16.3 Å². The molecule has 2 aromatic carbocycles. The fraction of sp³-hybridized carbons (Fsp3) is 0.217. The number of fused-ring (bicyclic) bond motifs is 1. The van der Waals surface area contributed by atoms with Crippen molar-refractivity contribution in [2.75, 3.05) is 0 Å². The van der Waals surface area contributed by atoms with Crippen LogP contribution in [-0.2, 0) is 5.41 Å². The number of ether oxygens (including phenoxy) is 2. The van der Waals surface area contributed by atoms with Gasteiger partial charge in [-0.05, 0) is 35.2 Å². The minimum Gasteiger partial charge on any atom is -0.434 e. The Hall–Kier alpha value is -2.55. The summed E-state index contributed by atoms with van der Waals surface area (Å²) >= 11 is 13.9. The molecular formula is C23H17Cl2F3N2O2S. The summed E-state index contributed by atoms with van der Waals surface area (Å²) in [6.45, 7) is 6.16. The zero-order valence-electron chi connectivity index (χ0n) is 17.6. The molecule has 0 bridgehead atoms. The van der Waals surface area contributed by atoms with Crippen LogP contribution in [0.3, 0.4) is 0 Å². The first-order chi connectivity index (χ1) is 15.4. The standard InChI is InChI=1S/C23H17Cl2F3N2O2S/c1-22(2,3)19-17(12-8-9-13(24)14(25)10-12)18-20(29-11-30-21(18)33-19)31-15-6-4-5-7-16(15)32-23(26,27)28/h4-11H,1-3H3. The lowest BCUT2D eigenvalue weighted by atomic mass is 9.88. The molecule has 4 nitrogen and oxygen atoms in total. The fourth-order valence-electron chi connectivity index (χ4n) is 3.29. The molecule has 0 N–H and O–H groups in total. The van der Waals surface area contributed by atoms with Crippen molar-refractivity contribution in [3.63, 3.8) is 0 Å². The van der Waals surface area contributed by atoms with Crippen LogP contribution >= 0.6 is 34.5 Å². The molecule has 4 aromatic rings. The van der Waals surface area contributed by atoms with E-state index in [0.29, 0.717) is 20.3 Å². The number of aromatic nitrogens is 2. The minimum absolute atomic E-state index is 0.103. The van der Waals surface area contributed by atoms with E-state index in [2.05, 4.69) is 35.5 Å². The van der Waals surface area contributed by atoms with E-state index in [1.807, 2.05) is 6.07 Å². The van der Waals surface area contributed by atoms with Crippen LogP contribution < -0.4 is 9.47 Å². The largest absolute Gasteiger partial charge is 0.573 e. The van der Waals surface area contributed by atoms with Crippen molar-refractivity contribution in [2.24, 2.45) is 0 Å². The monoisotopic (exact) mass is 512 g/mol. The van der Waals surface area contributed by atoms with E-state index < -0.39 is 12.1 Å². The molecule has 172 valence electrons. The zero-order chi connectivity index (χ0) is 24.0. The van der Waals surface area contributed by atoms with E-state index in [0.717, 1.165) is 16.0 Å². The molecule has 2 heterocycles. The lowest BCUT2D eigenvalue weighted by Crippen LogP contribution is -2.17. The maximum Gasteiger partial charge on any atom is 0.573 e. The fourth-order valence-corrected chi connectivity index (χ4v) is 4.80. The summed E-state index contributed by atoms with van der Waals surface area (Å²) in [6, 6.07) is 10.8. The summed E-state index contributed by atoms with van der Waals surface area (Å²) in [5.41, 5.74) is 1.27. The summed E-state index contributed by atoms with van der Waals surface area (Å²) < 4.78 is 48.6. The molecule has 0 saturated carbocycles. The van der Waals surface area contributed by atoms with Gasteiger partial charge < -0.3 is 9.47 Å². The second-order valence-corrected chi connectivity index (χ2v) is 9.95. The van der Waals surface area contributed by atoms with Gasteiger partial charge in [0.15, 0.2) is 11.5 Å². The molecule has 4 rings (SSSR count). The second-order valence-electron chi connectivity index (χ2n) is 8.14. The van der Waals surface area contributed by atoms with Crippen LogP contribution in [0.1, 0.15) is 25.6 Å². The smallest absolute Gasteiger partial charge is 0.434 e. The highest BCUT2D eigenvalue weighted by Gasteiger charge is 2.33. The van der Waals surface area contributed by atoms with Gasteiger partial charge in [-0.2, -0.15) is 0 Å². The van der Waals surface area contributed by atoms with Crippen LogP contribution in [0.2, 0.25) is 10.0 Å². The van der Waals surface area contributed by atoms with Gasteiger partial charge in [-0.3, -0.25) is 0 Å². The lowest BCUT2D eigenvalue weighted by molar-refractivity contribution is -0.275. The number of para-hydroxylation sites is 2. The molecule has 33 heavy (non-hydrogen) atoms. The Labute approximate surface area is 201 Å². The Balaban J connectivity index is 1.94. The molecule has 10 heteroatoms. The molecule has 0 unspecified atom stereocenters. The third-order valence-electron chi connectivity index (χ3n) is 4.62. The summed E-state index contributed by atoms with van der Waals surface area (Å²) in [5.74, 6) is -0.497. The third kappa shape index (κ3) is 5.03. The predicted octanol–water partition coefficient (Wildman–Crippen LogP) is 8.65. The van der Waals surface area contributed by atoms with Crippen LogP contribution in [0.25, 0.3) is 21.3 Å². The number of hydrogen-bond donors (Lipinski definition) is 0. The van der Waals surface area contributed by atoms with Gasteiger partial charge in [0.1, 0.15) is 11.2 Å². The van der Waals surface area contributed by atoms with E-state index in [1.54, 1.807) is 18.2 Å². The minimum atomic E-state index is -4.87. The number of rotatable bonds is 4. The molecule has 0 atom stereocenters. The number of alkyl halides is 3. The van der Waals surface area contributed by atoms with Crippen molar-refractivity contribution < 1.29 is 22.6 Å². The van der Waals surface area contributed by atoms with Crippen molar-refractivity contribution in [1.29, 1.82) is 0 Å². The average molecular weight is 513 g/mol. The van der Waals surface area contributed by atoms with E-state index >= 15 is 0 Å². The highest BCUT2D eigenvalue weighted by atomic mass is 35.5. The zero-order valence-corrected chi connectivity index (χ0v) is 20.0. The SMILES string of the molecule is CC(C)(C)c1sc2ncnc(Oc3ccccc3OC(F)(F)F)c2c1-c1ccc(Cl)c(Cl)c1. The molecule has 2 aromatic heterocycles. The Bertz CT molecular complexity index is 1330. The van der Waals surface area contributed by atoms with Crippen molar-refractivity contribution in [3.05, 3.63) is 63.7 Å². The molecular weight excluding hydrogens is 496 g/mol. The third-order valence-corrected chi connectivity index (χ3v) is 6.89. The van der Waals surface area contributed by atoms with Gasteiger partial charge in [0.25, 0.3) is 0 Å². The lowest BCUT2D eigenvalue weighted by Gasteiger charge is -2.19. The topological polar surface area (TPSA) is 44.2 Å². The first-order valence-electron chi connectivity index (χ1n) is 9.70. The van der Waals surface area contributed by atoms with Crippen LogP contribution in [0.5, 0.6) is 17.4 Å². The van der Waals surface area contributed by atoms with Crippen LogP contribution in [0.4, 0.5) is 13.2 Å². The highest BCUT2D eigenvalue weighted by molar-refractivity contribution is 7.19. The molecule has 0 aliphatic rings. The summed E-state index contributed by atoms with van der Waals surface area (Å²) in [4.78, 5) is 10.2. The number of benzene rings is 2. The van der Waals surface area contributed by atoms with E-state index in [1.165, 1.54) is 35.9 Å². The van der Waals surface area contributed by atoms with Crippen molar-refractivity contribution in [1.82, 2.24) is 9.97 Å². The van der Waals surface area contributed by atoms with Crippen molar-refractivity contribution in [3.8, 4) is 28.5 Å². The Morgan fingerprint density at radius 1 is 0.909 bits per heavy atom. The van der Waals surface area contributed by atoms with Gasteiger partial charge in [0, 0.05) is 10.4 Å². The first-order valence-corrected chi connectivity index (χ1v) is 11.3. The van der Waals surface area contributed by atoms with Gasteiger partial charge in [-0.1, -0.05) is 62.2 Å². The number of nitrogens with zero attached hydrogens (tertiary/aromatic N) is 2. The number of hydrogen-bond acceptors (Lipinski definition) is 5. The van der Waals surface area contributed by atoms with Crippen LogP contribution in [0, 0.1) is 0 Å². The Morgan fingerprint density at radius 3 is 2.24 bits per heavy atom. The van der Waals surface area contributed by atoms with Crippen LogP contribution in [0.15, 0.2) is 48.8 Å². The van der Waals surface area contributed by atoms with Gasteiger partial charge in [0.2, 0.25) is 5.88 Å². The van der Waals surface area contributed by atoms with E-state index in [4.69, 9.17) is 27.9 Å². The Kier molecular flexibility index (Phi) is 6.20. The molecule has 0 radical (unpaired) electrons. The maximum absolute atomic E-state index is 12.9. The molecule has 0 aliphatic heterocycles. The molecule has 0 amide bonds. The van der Waals surface area contributed by atoms with Crippen molar-refractivity contribution in [2.45, 2.75) is 32.5 Å². The molecule has 0 fully saturated rings. The second kappa shape index (κ2) is 8.66. The molecule has 0 spiro atoms. The summed E-state index contributed by atoms with van der Waals surface area (Å²) in [5, 5.41) is 1.34. The maximum atomic E-state index is 12.9. The number of thiophene rings is 1. The molecule has 0 saturated heterocycles. The normalized spacial score (nSPS) is 12.2. The summed E-state index contributed by atoms with van der Waals surface area (Å²) in [7, 11) is 0. The van der Waals surface area contributed by atoms with E-state index in [-0.39, 0.29) is 17.0 Å². The van der Waals surface area contributed by atoms with Gasteiger partial charge >= 0.3 is 6.36 Å². The quantitative estimate of drug-likeness (QED) is 0.274. The first kappa shape index (κ1) is 23.6. The number of halogens is 5.